The predicted molar refractivity (Wildman–Crippen MR) is 118 cm³/mol. The Morgan fingerprint density at radius 3 is 2.39 bits per heavy atom. The third-order valence-electron chi connectivity index (χ3n) is 4.58. The first-order valence-electron chi connectivity index (χ1n) is 9.77. The number of halogens is 1. The van der Waals surface area contributed by atoms with Gasteiger partial charge in [-0.2, -0.15) is 5.10 Å². The number of carbonyl (C=O) groups excluding carboxylic acids is 1. The fraction of sp³-hybridized carbons (Fsp3) is 0.0833. The summed E-state index contributed by atoms with van der Waals surface area (Å²) in [5.41, 5.74) is 3.76. The van der Waals surface area contributed by atoms with E-state index in [1.807, 2.05) is 42.5 Å². The van der Waals surface area contributed by atoms with Gasteiger partial charge in [0.2, 0.25) is 0 Å². The number of anilines is 2. The van der Waals surface area contributed by atoms with Crippen molar-refractivity contribution >= 4 is 17.5 Å². The summed E-state index contributed by atoms with van der Waals surface area (Å²) in [5, 5.41) is 10.2. The maximum atomic E-state index is 13.9. The van der Waals surface area contributed by atoms with Gasteiger partial charge in [-0.05, 0) is 42.0 Å². The van der Waals surface area contributed by atoms with E-state index < -0.39 is 6.09 Å². The second kappa shape index (κ2) is 9.58. The van der Waals surface area contributed by atoms with Crippen molar-refractivity contribution in [3.63, 3.8) is 0 Å². The zero-order chi connectivity index (χ0) is 21.5. The van der Waals surface area contributed by atoms with Crippen LogP contribution in [0, 0.1) is 5.82 Å². The van der Waals surface area contributed by atoms with E-state index >= 15 is 0 Å². The number of aromatic nitrogens is 2. The summed E-state index contributed by atoms with van der Waals surface area (Å²) < 4.78 is 20.6. The molecular formula is C24H21FN4O2. The molecule has 1 amide bonds. The second-order valence-electron chi connectivity index (χ2n) is 6.86. The molecule has 3 aromatic carbocycles. The topological polar surface area (TPSA) is 68.2 Å². The van der Waals surface area contributed by atoms with Gasteiger partial charge in [-0.1, -0.05) is 42.5 Å². The van der Waals surface area contributed by atoms with Gasteiger partial charge >= 0.3 is 6.09 Å². The predicted octanol–water partition coefficient (Wildman–Crippen LogP) is 5.37. The minimum atomic E-state index is -0.509. The molecule has 0 aliphatic carbocycles. The summed E-state index contributed by atoms with van der Waals surface area (Å²) >= 11 is 0. The average molecular weight is 416 g/mol. The van der Waals surface area contributed by atoms with Crippen LogP contribution in [-0.4, -0.2) is 15.9 Å². The van der Waals surface area contributed by atoms with E-state index in [-0.39, 0.29) is 12.4 Å². The molecule has 0 aliphatic rings. The van der Waals surface area contributed by atoms with Crippen LogP contribution in [0.25, 0.3) is 5.69 Å². The van der Waals surface area contributed by atoms with Gasteiger partial charge in [-0.3, -0.25) is 5.32 Å². The first-order chi connectivity index (χ1) is 15.2. The fourth-order valence-corrected chi connectivity index (χ4v) is 2.97. The summed E-state index contributed by atoms with van der Waals surface area (Å²) in [4.78, 5) is 11.9. The van der Waals surface area contributed by atoms with Gasteiger partial charge in [0.25, 0.3) is 0 Å². The van der Waals surface area contributed by atoms with Crippen LogP contribution in [0.15, 0.2) is 91.3 Å². The molecule has 0 aliphatic heterocycles. The van der Waals surface area contributed by atoms with E-state index in [1.165, 1.54) is 10.7 Å². The van der Waals surface area contributed by atoms with E-state index in [9.17, 15) is 9.18 Å². The van der Waals surface area contributed by atoms with Crippen molar-refractivity contribution in [3.8, 4) is 5.69 Å². The Balaban J connectivity index is 1.27. The van der Waals surface area contributed by atoms with Gasteiger partial charge in [-0.15, -0.1) is 0 Å². The molecule has 0 atom stereocenters. The lowest BCUT2D eigenvalue weighted by atomic mass is 10.2. The van der Waals surface area contributed by atoms with Gasteiger partial charge in [0.05, 0.1) is 6.20 Å². The van der Waals surface area contributed by atoms with Gasteiger partial charge in [0.1, 0.15) is 18.1 Å². The van der Waals surface area contributed by atoms with Crippen molar-refractivity contribution < 1.29 is 13.9 Å². The lowest BCUT2D eigenvalue weighted by Crippen LogP contribution is -2.13. The molecule has 4 aromatic rings. The maximum Gasteiger partial charge on any atom is 0.411 e. The van der Waals surface area contributed by atoms with Crippen LogP contribution in [0.5, 0.6) is 0 Å². The number of amides is 1. The number of ether oxygens (including phenoxy) is 1. The SMILES string of the molecule is O=C(Nc1ccc(NCc2cnn(-c3ccccc3F)c2)cc1)OCc1ccccc1. The number of nitrogens with zero attached hydrogens (tertiary/aromatic N) is 2. The number of benzene rings is 3. The molecule has 0 unspecified atom stereocenters. The second-order valence-corrected chi connectivity index (χ2v) is 6.86. The van der Waals surface area contributed by atoms with Crippen LogP contribution in [0.2, 0.25) is 0 Å². The van der Waals surface area contributed by atoms with E-state index in [0.717, 1.165) is 16.8 Å². The molecule has 0 saturated heterocycles. The first kappa shape index (κ1) is 20.2. The molecule has 31 heavy (non-hydrogen) atoms. The van der Waals surface area contributed by atoms with E-state index in [1.54, 1.807) is 42.7 Å². The Labute approximate surface area is 179 Å². The van der Waals surface area contributed by atoms with Crippen LogP contribution in [0.1, 0.15) is 11.1 Å². The lowest BCUT2D eigenvalue weighted by molar-refractivity contribution is 0.155. The molecule has 0 radical (unpaired) electrons. The highest BCUT2D eigenvalue weighted by molar-refractivity contribution is 5.84. The Kier molecular flexibility index (Phi) is 6.23. The lowest BCUT2D eigenvalue weighted by Gasteiger charge is -2.09. The van der Waals surface area contributed by atoms with Gasteiger partial charge in [-0.25, -0.2) is 13.9 Å². The largest absolute Gasteiger partial charge is 0.444 e. The van der Waals surface area contributed by atoms with Gasteiger partial charge in [0.15, 0.2) is 0 Å². The molecular weight excluding hydrogens is 395 g/mol. The van der Waals surface area contributed by atoms with E-state index in [0.29, 0.717) is 17.9 Å². The Morgan fingerprint density at radius 2 is 1.61 bits per heavy atom. The average Bonchev–Trinajstić information content (AvgIpc) is 3.27. The van der Waals surface area contributed by atoms with Crippen LogP contribution < -0.4 is 10.6 Å². The van der Waals surface area contributed by atoms with E-state index in [2.05, 4.69) is 15.7 Å². The molecule has 6 nitrogen and oxygen atoms in total. The Bertz CT molecular complexity index is 1140. The standard InChI is InChI=1S/C24H21FN4O2/c25-22-8-4-5-9-23(22)29-16-19(15-27-29)14-26-20-10-12-21(13-11-20)28-24(30)31-17-18-6-2-1-3-7-18/h1-13,15-16,26H,14,17H2,(H,28,30). The monoisotopic (exact) mass is 416 g/mol. The normalized spacial score (nSPS) is 10.5. The van der Waals surface area contributed by atoms with Crippen molar-refractivity contribution in [2.75, 3.05) is 10.6 Å². The van der Waals surface area contributed by atoms with Crippen molar-refractivity contribution in [1.29, 1.82) is 0 Å². The fourth-order valence-electron chi connectivity index (χ4n) is 2.97. The van der Waals surface area contributed by atoms with Crippen molar-refractivity contribution in [3.05, 3.63) is 108 Å². The third kappa shape index (κ3) is 5.48. The van der Waals surface area contributed by atoms with E-state index in [4.69, 9.17) is 4.74 Å². The highest BCUT2D eigenvalue weighted by Gasteiger charge is 2.06. The van der Waals surface area contributed by atoms with Crippen molar-refractivity contribution in [2.45, 2.75) is 13.2 Å². The number of nitrogens with one attached hydrogen (secondary N) is 2. The van der Waals surface area contributed by atoms with Crippen LogP contribution in [-0.2, 0) is 17.9 Å². The van der Waals surface area contributed by atoms with Crippen LogP contribution in [0.3, 0.4) is 0 Å². The van der Waals surface area contributed by atoms with Gasteiger partial charge in [0, 0.05) is 29.7 Å². The number of carbonyl (C=O) groups is 1. The number of rotatable bonds is 7. The maximum absolute atomic E-state index is 13.9. The number of para-hydroxylation sites is 1. The quantitative estimate of drug-likeness (QED) is 0.425. The minimum absolute atomic E-state index is 0.215. The molecule has 7 heteroatoms. The summed E-state index contributed by atoms with van der Waals surface area (Å²) in [6.07, 6.45) is 2.97. The molecule has 2 N–H and O–H groups in total. The highest BCUT2D eigenvalue weighted by atomic mass is 19.1. The highest BCUT2D eigenvalue weighted by Crippen LogP contribution is 2.16. The molecule has 0 bridgehead atoms. The summed E-state index contributed by atoms with van der Waals surface area (Å²) in [5.74, 6) is -0.324. The summed E-state index contributed by atoms with van der Waals surface area (Å²) in [7, 11) is 0. The minimum Gasteiger partial charge on any atom is -0.444 e. The molecule has 0 fully saturated rings. The van der Waals surface area contributed by atoms with Crippen LogP contribution in [0.4, 0.5) is 20.6 Å². The number of hydrogen-bond acceptors (Lipinski definition) is 4. The van der Waals surface area contributed by atoms with Gasteiger partial charge < -0.3 is 10.1 Å². The van der Waals surface area contributed by atoms with Crippen molar-refractivity contribution in [1.82, 2.24) is 9.78 Å². The summed E-state index contributed by atoms with van der Waals surface area (Å²) in [6.45, 7) is 0.743. The molecule has 156 valence electrons. The Morgan fingerprint density at radius 1 is 0.903 bits per heavy atom. The molecule has 1 heterocycles. The smallest absolute Gasteiger partial charge is 0.411 e. The zero-order valence-electron chi connectivity index (χ0n) is 16.7. The van der Waals surface area contributed by atoms with Crippen LogP contribution >= 0.6 is 0 Å². The summed E-state index contributed by atoms with van der Waals surface area (Å²) in [6, 6.07) is 23.3. The third-order valence-corrected chi connectivity index (χ3v) is 4.58. The molecule has 4 rings (SSSR count). The Hall–Kier alpha value is -4.13. The van der Waals surface area contributed by atoms with Crippen molar-refractivity contribution in [2.24, 2.45) is 0 Å². The molecule has 0 saturated carbocycles. The molecule has 1 aromatic heterocycles. The first-order valence-corrected chi connectivity index (χ1v) is 9.77. The molecule has 0 spiro atoms. The number of hydrogen-bond donors (Lipinski definition) is 2. The zero-order valence-corrected chi connectivity index (χ0v) is 16.7.